The van der Waals surface area contributed by atoms with E-state index in [0.717, 1.165) is 47.8 Å². The minimum absolute atomic E-state index is 0.360. The molecule has 2 aliphatic heterocycles. The minimum Gasteiger partial charge on any atom is -0.493 e. The average molecular weight is 1970 g/mol. The van der Waals surface area contributed by atoms with Gasteiger partial charge in [0, 0.05) is 102 Å². The van der Waals surface area contributed by atoms with Crippen molar-refractivity contribution < 1.29 is 18.6 Å². The molecule has 20 aromatic rings. The summed E-state index contributed by atoms with van der Waals surface area (Å²) in [5.41, 5.74) is 25.8. The summed E-state index contributed by atoms with van der Waals surface area (Å²) >= 11 is 3.65. The fourth-order valence-corrected chi connectivity index (χ4v) is 15.6. The predicted molar refractivity (Wildman–Crippen MR) is 647 cm³/mol. The van der Waals surface area contributed by atoms with Crippen molar-refractivity contribution in [2.24, 2.45) is 0 Å². The van der Waals surface area contributed by atoms with Gasteiger partial charge in [0.15, 0.2) is 11.5 Å². The first-order valence-corrected chi connectivity index (χ1v) is 54.1. The second-order valence-corrected chi connectivity index (χ2v) is 33.3. The van der Waals surface area contributed by atoms with Crippen LogP contribution in [0.15, 0.2) is 345 Å². The monoisotopic (exact) mass is 1970 g/mol. The summed E-state index contributed by atoms with van der Waals surface area (Å²) < 4.78 is 23.6. The molecule has 12 aromatic carbocycles. The van der Waals surface area contributed by atoms with E-state index in [2.05, 4.69) is 357 Å². The molecule has 0 saturated heterocycles. The van der Waals surface area contributed by atoms with Gasteiger partial charge in [0.2, 0.25) is 6.79 Å². The summed E-state index contributed by atoms with van der Waals surface area (Å²) in [5, 5.41) is 14.8. The van der Waals surface area contributed by atoms with E-state index in [1.54, 1.807) is 17.6 Å². The third kappa shape index (κ3) is 46.3. The number of rotatable bonds is 0. The zero-order valence-corrected chi connectivity index (χ0v) is 96.2. The molecule has 8 aromatic heterocycles. The van der Waals surface area contributed by atoms with Gasteiger partial charge in [0.05, 0.1) is 18.4 Å². The lowest BCUT2D eigenvalue weighted by Crippen LogP contribution is -1.92. The number of allylic oxidation sites excluding steroid dienone is 1. The largest absolute Gasteiger partial charge is 0.493 e. The molecule has 1 aliphatic carbocycles. The van der Waals surface area contributed by atoms with E-state index < -0.39 is 0 Å². The Balaban J connectivity index is 0.000000771. The maximum atomic E-state index is 5.35. The quantitative estimate of drug-likeness (QED) is 0.156. The highest BCUT2D eigenvalue weighted by molar-refractivity contribution is 7.19. The summed E-state index contributed by atoms with van der Waals surface area (Å²) in [6, 6.07) is 96.8. The van der Waals surface area contributed by atoms with Crippen molar-refractivity contribution in [3.05, 3.63) is 434 Å². The van der Waals surface area contributed by atoms with Crippen LogP contribution >= 0.6 is 22.7 Å². The third-order valence-electron chi connectivity index (χ3n) is 20.6. The van der Waals surface area contributed by atoms with Gasteiger partial charge in [-0.25, -0.2) is 0 Å². The fourth-order valence-electron chi connectivity index (χ4n) is 13.9. The Morgan fingerprint density at radius 3 is 1.45 bits per heavy atom. The van der Waals surface area contributed by atoms with Crippen LogP contribution in [0.3, 0.4) is 0 Å². The number of furan rings is 1. The standard InChI is InChI=1S/3C10H9N.C10H10.2C9H9N.C9H10O.C9H8O.2C9H8S.C9H12.C8H8O2.11C2H6/c1-8-2-3-10-7-11-5-4-9(10)6-8;1-8-2-3-9-4-5-11-7-10(9)6-8;1-8-4-5-9-3-2-6-11-10(9)7-8;1-8-5-6-9-3-2-4-10(9)7-8;1-7-2-3-9-8(6-7)4-5-10-9;1-7-3-2-4-9-8(7)5-6-10-9;3*1-7-2-3-9-8(6-7)4-5-10-9;1-7-6-8-4-2-3-5-9(8)10-7;1-7-4-5-8(2)9(3)6-7;1-6-2-3-7-8(4-6)10-5-9-7;11*1-2/h3*2-7H,1H3;2-3,5-7H,4H2,1H3;2*2-6,10H,1H3;2-3,6H,4-5H2,1H3;3*2-6H,1H3;4-6H,1-3H3;2-4H,5H2,1H3;11*1-2H3. The number of nitrogens with zero attached hydrogens (tertiary/aromatic N) is 3. The van der Waals surface area contributed by atoms with Gasteiger partial charge in [0.1, 0.15) is 11.3 Å². The summed E-state index contributed by atoms with van der Waals surface area (Å²) in [7, 11) is 0. The first-order chi connectivity index (χ1) is 70.2. The summed E-state index contributed by atoms with van der Waals surface area (Å²) in [4.78, 5) is 20.0. The number of aryl methyl sites for hydroxylation is 14. The average Bonchev–Trinajstić information content (AvgIpc) is 1.45. The molecule has 0 atom stereocenters. The number of nitrogens with one attached hydrogen (secondary N) is 2. The summed E-state index contributed by atoms with van der Waals surface area (Å²) in [6.45, 7) is 74.7. The number of thiophene rings is 2. The highest BCUT2D eigenvalue weighted by Gasteiger charge is 2.13. The molecule has 0 radical (unpaired) electrons. The fraction of sp³-hybridized carbons (Fsp3) is 0.301. The maximum Gasteiger partial charge on any atom is 0.231 e. The van der Waals surface area contributed by atoms with Crippen molar-refractivity contribution in [3.63, 3.8) is 0 Å². The van der Waals surface area contributed by atoms with E-state index in [9.17, 15) is 0 Å². The number of aromatic nitrogens is 5. The summed E-state index contributed by atoms with van der Waals surface area (Å²) in [6.07, 6.45) is 21.5. The molecule has 0 bridgehead atoms. The lowest BCUT2D eigenvalue weighted by molar-refractivity contribution is 0.174. The third-order valence-corrected chi connectivity index (χ3v) is 22.5. The van der Waals surface area contributed by atoms with Crippen LogP contribution in [-0.4, -0.2) is 38.3 Å². The van der Waals surface area contributed by atoms with Crippen molar-refractivity contribution in [2.75, 3.05) is 13.4 Å². The van der Waals surface area contributed by atoms with Gasteiger partial charge in [-0.3, -0.25) is 15.0 Å². The van der Waals surface area contributed by atoms with Crippen LogP contribution in [-0.2, 0) is 12.8 Å². The van der Waals surface area contributed by atoms with Crippen molar-refractivity contribution in [3.8, 4) is 17.2 Å². The number of H-pyrrole nitrogens is 2. The number of ether oxygens (including phenoxy) is 3. The molecular formula is C133H175N5O4S2. The smallest absolute Gasteiger partial charge is 0.231 e. The summed E-state index contributed by atoms with van der Waals surface area (Å²) in [5.74, 6) is 2.79. The SMILES string of the molecule is CC.CC.CC.CC.CC.CC.CC.CC.CC.CC.CC.Cc1cc2ccccc2s1.Cc1ccc(C)c(C)c1.Cc1ccc2[nH]ccc2c1.Cc1ccc2c(c1)CC=C2.Cc1ccc2c(c1)CCO2.Cc1ccc2c(c1)OCO2.Cc1ccc2cccnc2c1.Cc1ccc2ccncc2c1.Cc1ccc2cnccc2c1.Cc1ccc2occc2c1.Cc1ccc2sccc2c1.Cc1cccc2[nH]ccc12. The molecule has 3 aliphatic rings. The molecule has 10 heterocycles. The maximum absolute atomic E-state index is 5.35. The van der Waals surface area contributed by atoms with Gasteiger partial charge in [-0.1, -0.05) is 367 Å². The van der Waals surface area contributed by atoms with Crippen LogP contribution in [0.2, 0.25) is 0 Å². The minimum atomic E-state index is 0.360. The van der Waals surface area contributed by atoms with Crippen molar-refractivity contribution in [2.45, 2.75) is 262 Å². The Kier molecular flexibility index (Phi) is 68.9. The van der Waals surface area contributed by atoms with Gasteiger partial charge >= 0.3 is 0 Å². The van der Waals surface area contributed by atoms with Gasteiger partial charge in [0.25, 0.3) is 0 Å². The van der Waals surface area contributed by atoms with Crippen molar-refractivity contribution >= 4 is 114 Å². The molecule has 0 fully saturated rings. The molecule has 144 heavy (non-hydrogen) atoms. The normalized spacial score (nSPS) is 9.97. The van der Waals surface area contributed by atoms with E-state index in [1.165, 1.54) is 168 Å². The Bertz CT molecular complexity index is 6340. The second-order valence-electron chi connectivity index (χ2n) is 31.0. The zero-order chi connectivity index (χ0) is 108. The molecule has 0 saturated carbocycles. The van der Waals surface area contributed by atoms with Crippen LogP contribution < -0.4 is 14.2 Å². The van der Waals surface area contributed by atoms with Crippen molar-refractivity contribution in [1.82, 2.24) is 24.9 Å². The second kappa shape index (κ2) is 77.2. The van der Waals surface area contributed by atoms with Crippen LogP contribution in [0.1, 0.15) is 246 Å². The number of pyridine rings is 3. The number of aromatic amines is 2. The molecule has 0 unspecified atom stereocenters. The Labute approximate surface area is 878 Å². The van der Waals surface area contributed by atoms with E-state index in [-0.39, 0.29) is 0 Å². The van der Waals surface area contributed by atoms with Gasteiger partial charge in [-0.2, -0.15) is 0 Å². The molecule has 2 N–H and O–H groups in total. The molecule has 0 amide bonds. The molecule has 768 valence electrons. The predicted octanol–water partition coefficient (Wildman–Crippen LogP) is 41.9. The van der Waals surface area contributed by atoms with Crippen LogP contribution in [0, 0.1) is 96.9 Å². The Morgan fingerprint density at radius 1 is 0.299 bits per heavy atom. The highest BCUT2D eigenvalue weighted by atomic mass is 32.1. The van der Waals surface area contributed by atoms with E-state index >= 15 is 0 Å². The Hall–Kier alpha value is -13.5. The lowest BCUT2D eigenvalue weighted by atomic mass is 10.1. The Morgan fingerprint density at radius 2 is 0.799 bits per heavy atom. The topological polar surface area (TPSA) is 111 Å². The lowest BCUT2D eigenvalue weighted by Gasteiger charge is -1.98. The molecule has 23 rings (SSSR count). The first kappa shape index (κ1) is 129. The number of hydrogen-bond donors (Lipinski definition) is 2. The molecule has 9 nitrogen and oxygen atoms in total. The molecule has 0 spiro atoms. The van der Waals surface area contributed by atoms with E-state index in [0.29, 0.717) is 6.79 Å². The van der Waals surface area contributed by atoms with Gasteiger partial charge < -0.3 is 28.6 Å². The van der Waals surface area contributed by atoms with Crippen LogP contribution in [0.4, 0.5) is 0 Å². The molecular weight excluding hydrogens is 1800 g/mol. The number of fused-ring (bicyclic) bond motifs is 11. The van der Waals surface area contributed by atoms with Crippen LogP contribution in [0.25, 0.3) is 91.5 Å². The van der Waals surface area contributed by atoms with E-state index in [4.69, 9.17) is 18.6 Å². The first-order valence-electron chi connectivity index (χ1n) is 52.4. The number of hydrogen-bond acceptors (Lipinski definition) is 9. The number of benzene rings is 12. The molecule has 11 heteroatoms. The van der Waals surface area contributed by atoms with Gasteiger partial charge in [-0.05, 0) is 301 Å². The van der Waals surface area contributed by atoms with Gasteiger partial charge in [-0.15, -0.1) is 22.7 Å². The van der Waals surface area contributed by atoms with Crippen molar-refractivity contribution in [1.29, 1.82) is 0 Å². The zero-order valence-electron chi connectivity index (χ0n) is 94.5. The van der Waals surface area contributed by atoms with Crippen LogP contribution in [0.5, 0.6) is 17.2 Å². The highest BCUT2D eigenvalue weighted by Crippen LogP contribution is 2.33. The van der Waals surface area contributed by atoms with E-state index in [1.807, 2.05) is 269 Å².